The maximum absolute atomic E-state index is 10.8. The van der Waals surface area contributed by atoms with Crippen molar-refractivity contribution in [1.82, 2.24) is 0 Å². The van der Waals surface area contributed by atoms with Crippen molar-refractivity contribution in [2.45, 2.75) is 162 Å². The van der Waals surface area contributed by atoms with E-state index in [-0.39, 0.29) is 5.92 Å². The molecule has 3 nitrogen and oxygen atoms in total. The lowest BCUT2D eigenvalue weighted by Crippen LogP contribution is -2.35. The third-order valence-corrected chi connectivity index (χ3v) is 6.83. The standard InChI is InChI=1S/C19H42N.C12H24O2/c1-5-6-7-8-9-10-11-12-13-14-15-16-17-18-19-20(2,3)4;1-3-5-7-8-10-11(12(13)14)9-6-4-2/h5-19H2,1-4H3;11H,3-10H2,1-2H3,(H,13,14)/q+1;/p-1. The first-order valence-corrected chi connectivity index (χ1v) is 15.3. The normalized spacial score (nSPS) is 12.3. The Hall–Kier alpha value is -0.570. The Morgan fingerprint density at radius 1 is 0.529 bits per heavy atom. The molecule has 206 valence electrons. The summed E-state index contributed by atoms with van der Waals surface area (Å²) in [5.74, 6) is -1.05. The number of carbonyl (C=O) groups is 1. The van der Waals surface area contributed by atoms with Crippen molar-refractivity contribution in [3.05, 3.63) is 0 Å². The Bertz CT molecular complexity index is 403. The maximum atomic E-state index is 10.8. The van der Waals surface area contributed by atoms with Crippen molar-refractivity contribution in [3.8, 4) is 0 Å². The third-order valence-electron chi connectivity index (χ3n) is 6.83. The zero-order valence-electron chi connectivity index (χ0n) is 24.6. The first-order valence-electron chi connectivity index (χ1n) is 15.3. The lowest BCUT2D eigenvalue weighted by Gasteiger charge is -2.23. The molecule has 1 unspecified atom stereocenters. The van der Waals surface area contributed by atoms with Crippen molar-refractivity contribution in [2.24, 2.45) is 5.92 Å². The number of unbranched alkanes of at least 4 members (excludes halogenated alkanes) is 17. The fourth-order valence-electron chi connectivity index (χ4n) is 4.43. The lowest BCUT2D eigenvalue weighted by atomic mass is 9.95. The molecule has 0 aromatic carbocycles. The highest BCUT2D eigenvalue weighted by Crippen LogP contribution is 2.16. The predicted octanol–water partition coefficient (Wildman–Crippen LogP) is 8.69. The zero-order valence-corrected chi connectivity index (χ0v) is 24.6. The average molecular weight is 484 g/mol. The molecule has 34 heavy (non-hydrogen) atoms. The van der Waals surface area contributed by atoms with Gasteiger partial charge in [-0.15, -0.1) is 0 Å². The summed E-state index contributed by atoms with van der Waals surface area (Å²) in [5, 5.41) is 10.8. The molecule has 0 aromatic rings. The van der Waals surface area contributed by atoms with Crippen LogP contribution in [0.4, 0.5) is 0 Å². The van der Waals surface area contributed by atoms with Crippen LogP contribution in [-0.2, 0) is 4.79 Å². The number of carboxylic acid groups (broad SMARTS) is 1. The highest BCUT2D eigenvalue weighted by Gasteiger charge is 2.08. The molecule has 3 heteroatoms. The average Bonchev–Trinajstić information content (AvgIpc) is 2.78. The minimum absolute atomic E-state index is 0.202. The molecule has 0 rings (SSSR count). The fraction of sp³-hybridized carbons (Fsp3) is 0.968. The molecule has 0 bridgehead atoms. The van der Waals surface area contributed by atoms with E-state index in [0.717, 1.165) is 43.0 Å². The summed E-state index contributed by atoms with van der Waals surface area (Å²) in [7, 11) is 6.88. The van der Waals surface area contributed by atoms with Gasteiger partial charge in [0.2, 0.25) is 0 Å². The van der Waals surface area contributed by atoms with Gasteiger partial charge >= 0.3 is 0 Å². The van der Waals surface area contributed by atoms with Gasteiger partial charge in [-0.25, -0.2) is 0 Å². The molecule has 0 N–H and O–H groups in total. The van der Waals surface area contributed by atoms with E-state index < -0.39 is 5.97 Å². The van der Waals surface area contributed by atoms with E-state index in [1.807, 2.05) is 0 Å². The predicted molar refractivity (Wildman–Crippen MR) is 150 cm³/mol. The van der Waals surface area contributed by atoms with Crippen molar-refractivity contribution in [2.75, 3.05) is 27.7 Å². The molecule has 0 saturated heterocycles. The van der Waals surface area contributed by atoms with Crippen molar-refractivity contribution >= 4 is 5.97 Å². The summed E-state index contributed by atoms with van der Waals surface area (Å²) >= 11 is 0. The van der Waals surface area contributed by atoms with Crippen molar-refractivity contribution in [1.29, 1.82) is 0 Å². The second kappa shape index (κ2) is 27.0. The largest absolute Gasteiger partial charge is 0.550 e. The van der Waals surface area contributed by atoms with Crippen LogP contribution in [0.2, 0.25) is 0 Å². The quantitative estimate of drug-likeness (QED) is 0.102. The minimum atomic E-state index is -0.852. The van der Waals surface area contributed by atoms with E-state index in [9.17, 15) is 9.90 Å². The van der Waals surface area contributed by atoms with Crippen LogP contribution in [0.15, 0.2) is 0 Å². The highest BCUT2D eigenvalue weighted by molar-refractivity contribution is 5.67. The Kier molecular flexibility index (Phi) is 28.3. The molecular formula is C31H65NO2. The highest BCUT2D eigenvalue weighted by atomic mass is 16.4. The Morgan fingerprint density at radius 3 is 1.21 bits per heavy atom. The van der Waals surface area contributed by atoms with Gasteiger partial charge in [0, 0.05) is 5.97 Å². The van der Waals surface area contributed by atoms with E-state index >= 15 is 0 Å². The third kappa shape index (κ3) is 31.4. The van der Waals surface area contributed by atoms with Gasteiger partial charge in [-0.2, -0.15) is 0 Å². The first-order chi connectivity index (χ1) is 16.3. The van der Waals surface area contributed by atoms with Crippen LogP contribution in [0.5, 0.6) is 0 Å². The van der Waals surface area contributed by atoms with Crippen molar-refractivity contribution in [3.63, 3.8) is 0 Å². The van der Waals surface area contributed by atoms with Gasteiger partial charge in [0.1, 0.15) is 0 Å². The zero-order chi connectivity index (χ0) is 25.9. The molecule has 0 heterocycles. The van der Waals surface area contributed by atoms with Crippen LogP contribution in [0.25, 0.3) is 0 Å². The molecule has 1 atom stereocenters. The molecule has 0 fully saturated rings. The van der Waals surface area contributed by atoms with Crippen LogP contribution in [-0.4, -0.2) is 38.1 Å². The van der Waals surface area contributed by atoms with E-state index in [0.29, 0.717) is 0 Å². The molecule has 0 amide bonds. The second-order valence-electron chi connectivity index (χ2n) is 11.6. The van der Waals surface area contributed by atoms with Crippen molar-refractivity contribution < 1.29 is 14.4 Å². The first kappa shape index (κ1) is 35.6. The molecule has 0 radical (unpaired) electrons. The number of aliphatic carboxylic acids is 1. The Balaban J connectivity index is 0. The second-order valence-corrected chi connectivity index (χ2v) is 11.6. The summed E-state index contributed by atoms with van der Waals surface area (Å²) in [5.41, 5.74) is 0. The van der Waals surface area contributed by atoms with Gasteiger partial charge < -0.3 is 14.4 Å². The van der Waals surface area contributed by atoms with Crippen LogP contribution in [0.1, 0.15) is 162 Å². The summed E-state index contributed by atoms with van der Waals surface area (Å²) in [4.78, 5) is 10.8. The number of hydrogen-bond donors (Lipinski definition) is 0. The molecule has 0 spiro atoms. The topological polar surface area (TPSA) is 40.1 Å². The van der Waals surface area contributed by atoms with Crippen LogP contribution in [0.3, 0.4) is 0 Å². The summed E-state index contributed by atoms with van der Waals surface area (Å²) in [6.45, 7) is 7.87. The smallest absolute Gasteiger partial charge is 0.0780 e. The number of hydrogen-bond acceptors (Lipinski definition) is 2. The van der Waals surface area contributed by atoms with Crippen LogP contribution >= 0.6 is 0 Å². The molecule has 0 saturated carbocycles. The molecule has 0 aliphatic rings. The van der Waals surface area contributed by atoms with Gasteiger partial charge in [-0.1, -0.05) is 136 Å². The monoisotopic (exact) mass is 484 g/mol. The van der Waals surface area contributed by atoms with Gasteiger partial charge in [0.05, 0.1) is 27.7 Å². The van der Waals surface area contributed by atoms with Crippen LogP contribution < -0.4 is 5.11 Å². The summed E-state index contributed by atoms with van der Waals surface area (Å²) in [6, 6.07) is 0. The Labute approximate surface area is 216 Å². The van der Waals surface area contributed by atoms with Gasteiger partial charge in [0.25, 0.3) is 0 Å². The van der Waals surface area contributed by atoms with E-state index in [1.54, 1.807) is 0 Å². The number of nitrogens with zero attached hydrogens (tertiary/aromatic N) is 1. The number of quaternary nitrogens is 1. The van der Waals surface area contributed by atoms with E-state index in [1.165, 1.54) is 109 Å². The van der Waals surface area contributed by atoms with Gasteiger partial charge in [0.15, 0.2) is 0 Å². The molecule has 0 aliphatic heterocycles. The van der Waals surface area contributed by atoms with E-state index in [4.69, 9.17) is 0 Å². The van der Waals surface area contributed by atoms with Crippen LogP contribution in [0, 0.1) is 5.92 Å². The van der Waals surface area contributed by atoms with E-state index in [2.05, 4.69) is 41.9 Å². The van der Waals surface area contributed by atoms with Gasteiger partial charge in [-0.3, -0.25) is 0 Å². The SMILES string of the molecule is CCCCCCC(CCCC)C(=O)[O-].CCCCCCCCCCCCCCCC[N+](C)(C)C. The Morgan fingerprint density at radius 2 is 0.853 bits per heavy atom. The number of carboxylic acids is 1. The number of carbonyl (C=O) groups excluding carboxylic acids is 1. The summed E-state index contributed by atoms with van der Waals surface area (Å²) in [6.07, 6.45) is 28.7. The lowest BCUT2D eigenvalue weighted by molar-refractivity contribution is -0.870. The van der Waals surface area contributed by atoms with Gasteiger partial charge in [-0.05, 0) is 31.6 Å². The maximum Gasteiger partial charge on any atom is 0.0780 e. The molecule has 0 aliphatic carbocycles. The summed E-state index contributed by atoms with van der Waals surface area (Å²) < 4.78 is 1.12. The fourth-order valence-corrected chi connectivity index (χ4v) is 4.43. The molecular weight excluding hydrogens is 418 g/mol. The number of rotatable bonds is 24. The molecule has 0 aromatic heterocycles. The minimum Gasteiger partial charge on any atom is -0.550 e.